The zero-order valence-corrected chi connectivity index (χ0v) is 15.9. The van der Waals surface area contributed by atoms with E-state index < -0.39 is 0 Å². The molecule has 10 heteroatoms. The summed E-state index contributed by atoms with van der Waals surface area (Å²) in [4.78, 5) is 20.5. The molecule has 150 valence electrons. The Morgan fingerprint density at radius 1 is 1.03 bits per heavy atom. The number of rotatable bonds is 7. The van der Waals surface area contributed by atoms with E-state index in [1.165, 1.54) is 0 Å². The van der Waals surface area contributed by atoms with Gasteiger partial charge < -0.3 is 10.1 Å². The van der Waals surface area contributed by atoms with Gasteiger partial charge in [-0.05, 0) is 47.1 Å². The van der Waals surface area contributed by atoms with E-state index in [-0.39, 0.29) is 17.3 Å². The molecule has 0 aliphatic rings. The summed E-state index contributed by atoms with van der Waals surface area (Å²) in [7, 11) is 0. The second kappa shape index (κ2) is 8.78. The molecule has 30 heavy (non-hydrogen) atoms. The number of carbonyl (C=O) groups is 1. The van der Waals surface area contributed by atoms with Gasteiger partial charge >= 0.3 is 5.97 Å². The normalized spacial score (nSPS) is 11.0. The van der Waals surface area contributed by atoms with Crippen molar-refractivity contribution in [3.05, 3.63) is 65.7 Å². The number of anilines is 3. The highest BCUT2D eigenvalue weighted by atomic mass is 16.6. The first kappa shape index (κ1) is 19.0. The summed E-state index contributed by atoms with van der Waals surface area (Å²) in [5, 5.41) is 14.8. The molecule has 0 aliphatic heterocycles. The van der Waals surface area contributed by atoms with Gasteiger partial charge in [0.1, 0.15) is 0 Å². The van der Waals surface area contributed by atoms with E-state index in [9.17, 15) is 4.79 Å². The third-order valence-electron chi connectivity index (χ3n) is 3.96. The predicted molar refractivity (Wildman–Crippen MR) is 111 cm³/mol. The van der Waals surface area contributed by atoms with E-state index in [0.717, 1.165) is 5.56 Å². The number of hydrogen-bond donors (Lipinski definition) is 2. The summed E-state index contributed by atoms with van der Waals surface area (Å²) in [6.45, 7) is 2.08. The number of fused-ring (bicyclic) bond motifs is 1. The lowest BCUT2D eigenvalue weighted by Gasteiger charge is -2.10. The first-order valence-electron chi connectivity index (χ1n) is 9.11. The maximum atomic E-state index is 11.8. The molecule has 2 aromatic carbocycles. The summed E-state index contributed by atoms with van der Waals surface area (Å²) in [6, 6.07) is 16.4. The first-order valence-corrected chi connectivity index (χ1v) is 9.11. The minimum Gasteiger partial charge on any atom is -0.462 e. The zero-order valence-electron chi connectivity index (χ0n) is 15.9. The van der Waals surface area contributed by atoms with Gasteiger partial charge in [0.05, 0.1) is 18.4 Å². The summed E-state index contributed by atoms with van der Waals surface area (Å²) in [5.74, 6) is 0.323. The second-order valence-corrected chi connectivity index (χ2v) is 6.04. The van der Waals surface area contributed by atoms with Crippen LogP contribution in [0.15, 0.2) is 64.3 Å². The Bertz CT molecular complexity index is 1170. The fourth-order valence-electron chi connectivity index (χ4n) is 2.55. The molecule has 10 nitrogen and oxygen atoms in total. The Hall–Kier alpha value is -4.34. The average Bonchev–Trinajstić information content (AvgIpc) is 3.22. The van der Waals surface area contributed by atoms with Crippen LogP contribution in [0.1, 0.15) is 22.8 Å². The van der Waals surface area contributed by atoms with Gasteiger partial charge in [-0.1, -0.05) is 30.3 Å². The molecule has 0 radical (unpaired) electrons. The lowest BCUT2D eigenvalue weighted by atomic mass is 10.2. The van der Waals surface area contributed by atoms with Crippen LogP contribution in [-0.4, -0.2) is 39.1 Å². The third kappa shape index (κ3) is 4.38. The standard InChI is InChI=1S/C20H17N7O3/c1-2-29-20(28)14-8-10-15(11-9-14)22-16-17(24-19-18(23-16)26-30-27-19)25-21-12-13-6-4-3-5-7-13/h3-12H,2H2,1H3,(H,22,23,26)(H,24,25,27). The van der Waals surface area contributed by atoms with Gasteiger partial charge in [0.2, 0.25) is 11.3 Å². The number of hydrogen-bond acceptors (Lipinski definition) is 10. The summed E-state index contributed by atoms with van der Waals surface area (Å²) < 4.78 is 9.69. The number of benzene rings is 2. The monoisotopic (exact) mass is 403 g/mol. The lowest BCUT2D eigenvalue weighted by molar-refractivity contribution is 0.0526. The SMILES string of the molecule is CCOC(=O)c1ccc(Nc2nc3nonc3nc2NN=Cc2ccccc2)cc1. The fourth-order valence-corrected chi connectivity index (χ4v) is 2.55. The van der Waals surface area contributed by atoms with E-state index in [4.69, 9.17) is 9.37 Å². The van der Waals surface area contributed by atoms with Crippen molar-refractivity contribution in [2.24, 2.45) is 5.10 Å². The molecule has 0 bridgehead atoms. The van der Waals surface area contributed by atoms with Crippen molar-refractivity contribution < 1.29 is 14.2 Å². The highest BCUT2D eigenvalue weighted by molar-refractivity contribution is 5.90. The Morgan fingerprint density at radius 2 is 1.73 bits per heavy atom. The van der Waals surface area contributed by atoms with Crippen LogP contribution < -0.4 is 10.7 Å². The summed E-state index contributed by atoms with van der Waals surface area (Å²) in [5.41, 5.74) is 5.41. The number of esters is 1. The van der Waals surface area contributed by atoms with E-state index in [1.54, 1.807) is 37.4 Å². The van der Waals surface area contributed by atoms with E-state index in [0.29, 0.717) is 29.5 Å². The number of aromatic nitrogens is 4. The molecule has 0 spiro atoms. The third-order valence-corrected chi connectivity index (χ3v) is 3.96. The highest BCUT2D eigenvalue weighted by Gasteiger charge is 2.13. The number of nitrogens with zero attached hydrogens (tertiary/aromatic N) is 5. The van der Waals surface area contributed by atoms with Crippen LogP contribution in [0.4, 0.5) is 17.3 Å². The molecule has 4 rings (SSSR count). The van der Waals surface area contributed by atoms with Gasteiger partial charge in [0.25, 0.3) is 0 Å². The van der Waals surface area contributed by atoms with Crippen molar-refractivity contribution in [1.29, 1.82) is 0 Å². The first-order chi connectivity index (χ1) is 14.7. The van der Waals surface area contributed by atoms with Crippen LogP contribution in [0.3, 0.4) is 0 Å². The van der Waals surface area contributed by atoms with E-state index in [1.807, 2.05) is 30.3 Å². The molecule has 0 unspecified atom stereocenters. The molecule has 4 aromatic rings. The molecule has 2 heterocycles. The number of nitrogens with one attached hydrogen (secondary N) is 2. The zero-order chi connectivity index (χ0) is 20.8. The van der Waals surface area contributed by atoms with Gasteiger partial charge in [0, 0.05) is 5.69 Å². The van der Waals surface area contributed by atoms with E-state index >= 15 is 0 Å². The van der Waals surface area contributed by atoms with Crippen molar-refractivity contribution in [3.8, 4) is 0 Å². The summed E-state index contributed by atoms with van der Waals surface area (Å²) in [6.07, 6.45) is 1.66. The molecule has 2 aromatic heterocycles. The Balaban J connectivity index is 1.57. The predicted octanol–water partition coefficient (Wildman–Crippen LogP) is 3.38. The van der Waals surface area contributed by atoms with Crippen molar-refractivity contribution >= 4 is 40.8 Å². The smallest absolute Gasteiger partial charge is 0.338 e. The average molecular weight is 403 g/mol. The van der Waals surface area contributed by atoms with Gasteiger partial charge in [-0.25, -0.2) is 14.4 Å². The van der Waals surface area contributed by atoms with Gasteiger partial charge in [-0.3, -0.25) is 5.43 Å². The topological polar surface area (TPSA) is 127 Å². The van der Waals surface area contributed by atoms with Crippen molar-refractivity contribution in [3.63, 3.8) is 0 Å². The van der Waals surface area contributed by atoms with Gasteiger partial charge in [0.15, 0.2) is 11.6 Å². The largest absolute Gasteiger partial charge is 0.462 e. The van der Waals surface area contributed by atoms with Crippen molar-refractivity contribution in [1.82, 2.24) is 20.3 Å². The summed E-state index contributed by atoms with van der Waals surface area (Å²) >= 11 is 0. The molecule has 0 atom stereocenters. The highest BCUT2D eigenvalue weighted by Crippen LogP contribution is 2.24. The van der Waals surface area contributed by atoms with E-state index in [2.05, 4.69) is 36.1 Å². The van der Waals surface area contributed by atoms with Crippen LogP contribution >= 0.6 is 0 Å². The molecule has 2 N–H and O–H groups in total. The minimum absolute atomic E-state index is 0.246. The van der Waals surface area contributed by atoms with Crippen LogP contribution in [0.2, 0.25) is 0 Å². The Labute approximate surface area is 171 Å². The Morgan fingerprint density at radius 3 is 2.43 bits per heavy atom. The fraction of sp³-hybridized carbons (Fsp3) is 0.100. The number of ether oxygens (including phenoxy) is 1. The quantitative estimate of drug-likeness (QED) is 0.271. The molecule has 0 fully saturated rings. The molecule has 0 saturated heterocycles. The maximum Gasteiger partial charge on any atom is 0.338 e. The molecule has 0 saturated carbocycles. The van der Waals surface area contributed by atoms with Crippen LogP contribution in [-0.2, 0) is 4.74 Å². The van der Waals surface area contributed by atoms with Gasteiger partial charge in [-0.2, -0.15) is 10.1 Å². The molecular formula is C20H17N7O3. The maximum absolute atomic E-state index is 11.8. The number of carbonyl (C=O) groups excluding carboxylic acids is 1. The molecular weight excluding hydrogens is 386 g/mol. The van der Waals surface area contributed by atoms with Crippen LogP contribution in [0, 0.1) is 0 Å². The second-order valence-electron chi connectivity index (χ2n) is 6.04. The lowest BCUT2D eigenvalue weighted by Crippen LogP contribution is -2.05. The van der Waals surface area contributed by atoms with Crippen molar-refractivity contribution in [2.45, 2.75) is 6.92 Å². The van der Waals surface area contributed by atoms with Crippen LogP contribution in [0.5, 0.6) is 0 Å². The molecule has 0 amide bonds. The van der Waals surface area contributed by atoms with Crippen LogP contribution in [0.25, 0.3) is 11.3 Å². The molecule has 0 aliphatic carbocycles. The van der Waals surface area contributed by atoms with Gasteiger partial charge in [-0.15, -0.1) is 0 Å². The van der Waals surface area contributed by atoms with Crippen molar-refractivity contribution in [2.75, 3.05) is 17.3 Å². The minimum atomic E-state index is -0.378. The number of hydrazone groups is 1. The Kier molecular flexibility index (Phi) is 5.56.